The molecule has 0 saturated heterocycles. The second kappa shape index (κ2) is 6.05. The number of aliphatic carboxylic acids is 1. The van der Waals surface area contributed by atoms with Crippen LogP contribution in [0.3, 0.4) is 0 Å². The SMILES string of the molecule is C#CCN(CC(=O)O)C(=O)c1ccc2c(c1)nnn2CC. The number of benzene rings is 1. The number of amides is 1. The van der Waals surface area contributed by atoms with Crippen molar-refractivity contribution in [2.75, 3.05) is 13.1 Å². The molecular formula is C14H14N4O3. The molecular weight excluding hydrogens is 272 g/mol. The van der Waals surface area contributed by atoms with Crippen LogP contribution in [-0.4, -0.2) is 50.0 Å². The van der Waals surface area contributed by atoms with Gasteiger partial charge in [-0.15, -0.1) is 11.5 Å². The molecule has 0 fully saturated rings. The van der Waals surface area contributed by atoms with Gasteiger partial charge in [0.15, 0.2) is 0 Å². The van der Waals surface area contributed by atoms with Crippen molar-refractivity contribution in [3.63, 3.8) is 0 Å². The zero-order valence-electron chi connectivity index (χ0n) is 11.5. The molecule has 0 aliphatic rings. The molecule has 1 aromatic carbocycles. The molecule has 2 aromatic rings. The van der Waals surface area contributed by atoms with Gasteiger partial charge in [-0.3, -0.25) is 9.59 Å². The molecule has 2 rings (SSSR count). The van der Waals surface area contributed by atoms with Crippen LogP contribution in [0.15, 0.2) is 18.2 Å². The molecule has 1 amide bonds. The molecule has 1 N–H and O–H groups in total. The van der Waals surface area contributed by atoms with Gasteiger partial charge in [0.1, 0.15) is 12.1 Å². The molecule has 0 aliphatic carbocycles. The molecule has 7 nitrogen and oxygen atoms in total. The molecule has 0 atom stereocenters. The van der Waals surface area contributed by atoms with Gasteiger partial charge in [0.05, 0.1) is 12.1 Å². The number of hydrogen-bond donors (Lipinski definition) is 1. The number of carboxylic acids is 1. The van der Waals surface area contributed by atoms with Gasteiger partial charge in [-0.1, -0.05) is 11.1 Å². The van der Waals surface area contributed by atoms with E-state index in [1.807, 2.05) is 6.92 Å². The Morgan fingerprint density at radius 2 is 2.24 bits per heavy atom. The zero-order chi connectivity index (χ0) is 15.4. The summed E-state index contributed by atoms with van der Waals surface area (Å²) in [6, 6.07) is 4.94. The second-order valence-electron chi connectivity index (χ2n) is 4.37. The van der Waals surface area contributed by atoms with Gasteiger partial charge in [0, 0.05) is 12.1 Å². The van der Waals surface area contributed by atoms with Gasteiger partial charge in [-0.2, -0.15) is 0 Å². The van der Waals surface area contributed by atoms with Gasteiger partial charge < -0.3 is 10.0 Å². The Kier molecular flexibility index (Phi) is 4.18. The molecule has 21 heavy (non-hydrogen) atoms. The number of carboxylic acid groups (broad SMARTS) is 1. The van der Waals surface area contributed by atoms with Crippen molar-refractivity contribution in [2.45, 2.75) is 13.5 Å². The Hall–Kier alpha value is -2.88. The number of terminal acetylenes is 1. The van der Waals surface area contributed by atoms with Crippen LogP contribution in [0.1, 0.15) is 17.3 Å². The predicted molar refractivity (Wildman–Crippen MR) is 75.6 cm³/mol. The maximum Gasteiger partial charge on any atom is 0.323 e. The summed E-state index contributed by atoms with van der Waals surface area (Å²) in [6.45, 7) is 2.11. The first-order chi connectivity index (χ1) is 10.1. The molecule has 0 bridgehead atoms. The summed E-state index contributed by atoms with van der Waals surface area (Å²) in [5.74, 6) is 0.728. The van der Waals surface area contributed by atoms with Crippen LogP contribution >= 0.6 is 0 Å². The average molecular weight is 286 g/mol. The molecule has 0 radical (unpaired) electrons. The highest BCUT2D eigenvalue weighted by atomic mass is 16.4. The fraction of sp³-hybridized carbons (Fsp3) is 0.286. The van der Waals surface area contributed by atoms with Crippen molar-refractivity contribution >= 4 is 22.9 Å². The Labute approximate surface area is 121 Å². The Balaban J connectivity index is 2.33. The van der Waals surface area contributed by atoms with E-state index in [1.165, 1.54) is 0 Å². The van der Waals surface area contributed by atoms with E-state index in [0.717, 1.165) is 10.4 Å². The zero-order valence-corrected chi connectivity index (χ0v) is 11.5. The third-order valence-electron chi connectivity index (χ3n) is 2.96. The van der Waals surface area contributed by atoms with E-state index in [0.29, 0.717) is 17.6 Å². The molecule has 0 spiro atoms. The van der Waals surface area contributed by atoms with Crippen molar-refractivity contribution in [3.05, 3.63) is 23.8 Å². The van der Waals surface area contributed by atoms with E-state index in [4.69, 9.17) is 11.5 Å². The average Bonchev–Trinajstić information content (AvgIpc) is 2.87. The van der Waals surface area contributed by atoms with Crippen LogP contribution in [0.2, 0.25) is 0 Å². The third-order valence-corrected chi connectivity index (χ3v) is 2.96. The first kappa shape index (κ1) is 14.5. The first-order valence-corrected chi connectivity index (χ1v) is 6.34. The lowest BCUT2D eigenvalue weighted by molar-refractivity contribution is -0.137. The lowest BCUT2D eigenvalue weighted by atomic mass is 10.1. The number of nitrogens with zero attached hydrogens (tertiary/aromatic N) is 4. The minimum Gasteiger partial charge on any atom is -0.480 e. The predicted octanol–water partition coefficient (Wildman–Crippen LogP) is 0.611. The summed E-state index contributed by atoms with van der Waals surface area (Å²) in [5, 5.41) is 16.8. The fourth-order valence-electron chi connectivity index (χ4n) is 1.99. The Morgan fingerprint density at radius 1 is 1.48 bits per heavy atom. The van der Waals surface area contributed by atoms with Crippen LogP contribution in [0, 0.1) is 12.3 Å². The summed E-state index contributed by atoms with van der Waals surface area (Å²) >= 11 is 0. The van der Waals surface area contributed by atoms with Crippen molar-refractivity contribution in [1.82, 2.24) is 19.9 Å². The molecule has 1 aromatic heterocycles. The minimum absolute atomic E-state index is 0.0647. The van der Waals surface area contributed by atoms with Crippen molar-refractivity contribution in [1.29, 1.82) is 0 Å². The lowest BCUT2D eigenvalue weighted by Crippen LogP contribution is -2.35. The minimum atomic E-state index is -1.11. The quantitative estimate of drug-likeness (QED) is 0.814. The van der Waals surface area contributed by atoms with Crippen LogP contribution in [-0.2, 0) is 11.3 Å². The van der Waals surface area contributed by atoms with E-state index in [2.05, 4.69) is 16.2 Å². The summed E-state index contributed by atoms with van der Waals surface area (Å²) in [5.41, 5.74) is 1.73. The maximum atomic E-state index is 12.3. The molecule has 0 aliphatic heterocycles. The van der Waals surface area contributed by atoms with E-state index in [9.17, 15) is 9.59 Å². The van der Waals surface area contributed by atoms with Gasteiger partial charge >= 0.3 is 5.97 Å². The Bertz CT molecular complexity index is 729. The summed E-state index contributed by atoms with van der Waals surface area (Å²) in [6.07, 6.45) is 5.17. The number of fused-ring (bicyclic) bond motifs is 1. The normalized spacial score (nSPS) is 10.3. The number of carbonyl (C=O) groups is 2. The molecule has 7 heteroatoms. The van der Waals surface area contributed by atoms with Crippen LogP contribution < -0.4 is 0 Å². The van der Waals surface area contributed by atoms with Gasteiger partial charge in [0.25, 0.3) is 5.91 Å². The highest BCUT2D eigenvalue weighted by Crippen LogP contribution is 2.15. The summed E-state index contributed by atoms with van der Waals surface area (Å²) < 4.78 is 1.71. The van der Waals surface area contributed by atoms with Gasteiger partial charge in [0.2, 0.25) is 0 Å². The monoisotopic (exact) mass is 286 g/mol. The van der Waals surface area contributed by atoms with Crippen LogP contribution in [0.5, 0.6) is 0 Å². The molecule has 108 valence electrons. The van der Waals surface area contributed by atoms with Crippen molar-refractivity contribution in [2.24, 2.45) is 0 Å². The second-order valence-corrected chi connectivity index (χ2v) is 4.37. The van der Waals surface area contributed by atoms with E-state index in [1.54, 1.807) is 22.9 Å². The van der Waals surface area contributed by atoms with E-state index < -0.39 is 18.4 Å². The number of hydrogen-bond acceptors (Lipinski definition) is 4. The molecule has 0 saturated carbocycles. The highest BCUT2D eigenvalue weighted by molar-refractivity contribution is 5.98. The highest BCUT2D eigenvalue weighted by Gasteiger charge is 2.18. The van der Waals surface area contributed by atoms with Crippen molar-refractivity contribution in [3.8, 4) is 12.3 Å². The largest absolute Gasteiger partial charge is 0.480 e. The van der Waals surface area contributed by atoms with Gasteiger partial charge in [-0.05, 0) is 25.1 Å². The fourth-order valence-corrected chi connectivity index (χ4v) is 1.99. The molecule has 1 heterocycles. The Morgan fingerprint density at radius 3 is 2.86 bits per heavy atom. The van der Waals surface area contributed by atoms with Crippen molar-refractivity contribution < 1.29 is 14.7 Å². The van der Waals surface area contributed by atoms with E-state index >= 15 is 0 Å². The number of rotatable bonds is 5. The smallest absolute Gasteiger partial charge is 0.323 e. The maximum absolute atomic E-state index is 12.3. The number of aryl methyl sites for hydroxylation is 1. The number of aromatic nitrogens is 3. The van der Waals surface area contributed by atoms with Gasteiger partial charge in [-0.25, -0.2) is 4.68 Å². The van der Waals surface area contributed by atoms with E-state index in [-0.39, 0.29) is 6.54 Å². The topological polar surface area (TPSA) is 88.3 Å². The van der Waals surface area contributed by atoms with Crippen LogP contribution in [0.25, 0.3) is 11.0 Å². The lowest BCUT2D eigenvalue weighted by Gasteiger charge is -2.17. The summed E-state index contributed by atoms with van der Waals surface area (Å²) in [4.78, 5) is 24.2. The van der Waals surface area contributed by atoms with Crippen LogP contribution in [0.4, 0.5) is 0 Å². The standard InChI is InChI=1S/C14H14N4O3/c1-3-7-17(9-13(19)20)14(21)10-5-6-12-11(8-10)15-16-18(12)4-2/h1,5-6,8H,4,7,9H2,2H3,(H,19,20). The number of carbonyl (C=O) groups excluding carboxylic acids is 1. The summed E-state index contributed by atoms with van der Waals surface area (Å²) in [7, 11) is 0. The first-order valence-electron chi connectivity index (χ1n) is 6.34. The third kappa shape index (κ3) is 3.00. The molecule has 0 unspecified atom stereocenters.